The standard InChI is InChI=1S/C16H23BrF3N3O2/c1-10(2)25-9-3-7-21-12(24)6-8-23-14(11-4-5-11)13(17)15(22-23)16(18,19)20/h10-11H,3-9H2,1-2H3,(H,21,24). The molecule has 142 valence electrons. The van der Waals surface area contributed by atoms with Crippen molar-refractivity contribution in [3.05, 3.63) is 15.9 Å². The lowest BCUT2D eigenvalue weighted by Crippen LogP contribution is -2.26. The Balaban J connectivity index is 1.87. The third-order valence-corrected chi connectivity index (χ3v) is 4.59. The van der Waals surface area contributed by atoms with Gasteiger partial charge in [-0.25, -0.2) is 0 Å². The quantitative estimate of drug-likeness (QED) is 0.611. The monoisotopic (exact) mass is 425 g/mol. The number of hydrogen-bond donors (Lipinski definition) is 1. The molecule has 1 aromatic rings. The molecule has 0 saturated heterocycles. The fourth-order valence-electron chi connectivity index (χ4n) is 2.47. The summed E-state index contributed by atoms with van der Waals surface area (Å²) in [5.74, 6) is -0.110. The Morgan fingerprint density at radius 3 is 2.68 bits per heavy atom. The molecule has 1 N–H and O–H groups in total. The smallest absolute Gasteiger partial charge is 0.379 e. The molecule has 1 fully saturated rings. The van der Waals surface area contributed by atoms with Gasteiger partial charge in [-0.3, -0.25) is 9.48 Å². The van der Waals surface area contributed by atoms with Gasteiger partial charge in [-0.15, -0.1) is 0 Å². The summed E-state index contributed by atoms with van der Waals surface area (Å²) in [5.41, 5.74) is -0.369. The van der Waals surface area contributed by atoms with E-state index in [1.54, 1.807) is 0 Å². The summed E-state index contributed by atoms with van der Waals surface area (Å²) in [6, 6.07) is 0. The molecule has 1 aliphatic rings. The van der Waals surface area contributed by atoms with Crippen LogP contribution in [0.2, 0.25) is 0 Å². The summed E-state index contributed by atoms with van der Waals surface area (Å²) in [4.78, 5) is 11.9. The van der Waals surface area contributed by atoms with E-state index in [4.69, 9.17) is 4.74 Å². The SMILES string of the molecule is CC(C)OCCCNC(=O)CCn1nc(C(F)(F)F)c(Br)c1C1CC1. The second kappa shape index (κ2) is 8.53. The summed E-state index contributed by atoms with van der Waals surface area (Å²) in [6.07, 6.45) is -1.86. The molecule has 0 radical (unpaired) electrons. The van der Waals surface area contributed by atoms with E-state index in [1.807, 2.05) is 13.8 Å². The number of aromatic nitrogens is 2. The second-order valence-electron chi connectivity index (χ2n) is 6.42. The Kier molecular flexibility index (Phi) is 6.90. The van der Waals surface area contributed by atoms with Crippen molar-refractivity contribution in [2.24, 2.45) is 0 Å². The summed E-state index contributed by atoms with van der Waals surface area (Å²) in [5, 5.41) is 6.44. The second-order valence-corrected chi connectivity index (χ2v) is 7.21. The zero-order chi connectivity index (χ0) is 18.6. The highest BCUT2D eigenvalue weighted by Gasteiger charge is 2.41. The van der Waals surface area contributed by atoms with Crippen LogP contribution in [0.5, 0.6) is 0 Å². The van der Waals surface area contributed by atoms with E-state index in [1.165, 1.54) is 4.68 Å². The highest BCUT2D eigenvalue weighted by molar-refractivity contribution is 9.10. The van der Waals surface area contributed by atoms with Gasteiger partial charge in [0.15, 0.2) is 5.69 Å². The van der Waals surface area contributed by atoms with Crippen molar-refractivity contribution < 1.29 is 22.7 Å². The van der Waals surface area contributed by atoms with E-state index in [0.717, 1.165) is 12.8 Å². The van der Waals surface area contributed by atoms with Gasteiger partial charge in [0.1, 0.15) is 0 Å². The Labute approximate surface area is 153 Å². The lowest BCUT2D eigenvalue weighted by atomic mass is 10.2. The Hall–Kier alpha value is -1.09. The molecule has 0 spiro atoms. The zero-order valence-corrected chi connectivity index (χ0v) is 15.9. The summed E-state index contributed by atoms with van der Waals surface area (Å²) in [6.45, 7) is 5.05. The minimum absolute atomic E-state index is 0.00809. The average Bonchev–Trinajstić information content (AvgIpc) is 3.27. The van der Waals surface area contributed by atoms with Crippen molar-refractivity contribution in [3.63, 3.8) is 0 Å². The van der Waals surface area contributed by atoms with E-state index in [2.05, 4.69) is 26.3 Å². The predicted octanol–water partition coefficient (Wildman–Crippen LogP) is 3.86. The third-order valence-electron chi connectivity index (χ3n) is 3.81. The van der Waals surface area contributed by atoms with Crippen molar-refractivity contribution in [2.75, 3.05) is 13.2 Å². The van der Waals surface area contributed by atoms with Crippen LogP contribution in [0.1, 0.15) is 56.8 Å². The highest BCUT2D eigenvalue weighted by Crippen LogP contribution is 2.46. The molecule has 0 aromatic carbocycles. The molecule has 1 heterocycles. The maximum Gasteiger partial charge on any atom is 0.436 e. The number of amides is 1. The number of alkyl halides is 3. The first-order valence-corrected chi connectivity index (χ1v) is 9.21. The van der Waals surface area contributed by atoms with Crippen LogP contribution >= 0.6 is 15.9 Å². The van der Waals surface area contributed by atoms with Crippen LogP contribution in [-0.2, 0) is 22.3 Å². The van der Waals surface area contributed by atoms with Gasteiger partial charge in [0.05, 0.1) is 22.8 Å². The first-order valence-electron chi connectivity index (χ1n) is 8.41. The van der Waals surface area contributed by atoms with Crippen LogP contribution in [0, 0.1) is 0 Å². The van der Waals surface area contributed by atoms with Crippen molar-refractivity contribution in [3.8, 4) is 0 Å². The molecule has 0 atom stereocenters. The topological polar surface area (TPSA) is 56.1 Å². The Morgan fingerprint density at radius 1 is 1.44 bits per heavy atom. The number of carbonyl (C=O) groups is 1. The lowest BCUT2D eigenvalue weighted by molar-refractivity contribution is -0.142. The van der Waals surface area contributed by atoms with Crippen molar-refractivity contribution >= 4 is 21.8 Å². The fraction of sp³-hybridized carbons (Fsp3) is 0.750. The molecule has 25 heavy (non-hydrogen) atoms. The van der Waals surface area contributed by atoms with Crippen molar-refractivity contribution in [1.82, 2.24) is 15.1 Å². The Morgan fingerprint density at radius 2 is 2.12 bits per heavy atom. The summed E-state index contributed by atoms with van der Waals surface area (Å²) in [7, 11) is 0. The zero-order valence-electron chi connectivity index (χ0n) is 14.3. The first kappa shape index (κ1) is 20.2. The number of hydrogen-bond acceptors (Lipinski definition) is 3. The van der Waals surface area contributed by atoms with Gasteiger partial charge in [0.2, 0.25) is 5.91 Å². The minimum atomic E-state index is -4.51. The van der Waals surface area contributed by atoms with E-state index in [-0.39, 0.29) is 35.4 Å². The van der Waals surface area contributed by atoms with Gasteiger partial charge < -0.3 is 10.1 Å². The summed E-state index contributed by atoms with van der Waals surface area (Å²) >= 11 is 3.04. The predicted molar refractivity (Wildman–Crippen MR) is 90.2 cm³/mol. The molecule has 9 heteroatoms. The number of rotatable bonds is 9. The largest absolute Gasteiger partial charge is 0.436 e. The normalized spacial score (nSPS) is 15.0. The lowest BCUT2D eigenvalue weighted by Gasteiger charge is -2.09. The molecule has 1 saturated carbocycles. The number of halogens is 4. The molecule has 0 bridgehead atoms. The first-order chi connectivity index (χ1) is 11.7. The maximum atomic E-state index is 13.0. The number of aryl methyl sites for hydroxylation is 1. The van der Waals surface area contributed by atoms with Gasteiger partial charge in [-0.05, 0) is 49.0 Å². The maximum absolute atomic E-state index is 13.0. The van der Waals surface area contributed by atoms with E-state index >= 15 is 0 Å². The molecule has 1 aliphatic carbocycles. The minimum Gasteiger partial charge on any atom is -0.379 e. The number of ether oxygens (including phenoxy) is 1. The molecule has 2 rings (SSSR count). The van der Waals surface area contributed by atoms with Gasteiger partial charge in [-0.2, -0.15) is 18.3 Å². The van der Waals surface area contributed by atoms with E-state index < -0.39 is 11.9 Å². The molecular formula is C16H23BrF3N3O2. The highest BCUT2D eigenvalue weighted by atomic mass is 79.9. The average molecular weight is 426 g/mol. The molecule has 5 nitrogen and oxygen atoms in total. The van der Waals surface area contributed by atoms with Crippen LogP contribution in [0.25, 0.3) is 0 Å². The van der Waals surface area contributed by atoms with Gasteiger partial charge in [0, 0.05) is 25.5 Å². The van der Waals surface area contributed by atoms with Crippen LogP contribution in [0.4, 0.5) is 13.2 Å². The number of nitrogens with one attached hydrogen (secondary N) is 1. The van der Waals surface area contributed by atoms with Crippen LogP contribution in [0.15, 0.2) is 4.47 Å². The van der Waals surface area contributed by atoms with Crippen LogP contribution in [0.3, 0.4) is 0 Å². The van der Waals surface area contributed by atoms with E-state index in [0.29, 0.717) is 25.3 Å². The molecule has 0 unspecified atom stereocenters. The molecule has 1 amide bonds. The Bertz CT molecular complexity index is 598. The summed E-state index contributed by atoms with van der Waals surface area (Å²) < 4.78 is 45.8. The molecule has 1 aromatic heterocycles. The molecule has 0 aliphatic heterocycles. The fourth-order valence-corrected chi connectivity index (χ4v) is 3.30. The number of nitrogens with zero attached hydrogens (tertiary/aromatic N) is 2. The van der Waals surface area contributed by atoms with Crippen LogP contribution in [-0.4, -0.2) is 34.9 Å². The van der Waals surface area contributed by atoms with Crippen molar-refractivity contribution in [2.45, 2.75) is 64.3 Å². The third kappa shape index (κ3) is 5.99. The van der Waals surface area contributed by atoms with Gasteiger partial charge in [-0.1, -0.05) is 0 Å². The molecular weight excluding hydrogens is 403 g/mol. The van der Waals surface area contributed by atoms with Crippen LogP contribution < -0.4 is 5.32 Å². The number of carbonyl (C=O) groups excluding carboxylic acids is 1. The van der Waals surface area contributed by atoms with Gasteiger partial charge in [0.25, 0.3) is 0 Å². The van der Waals surface area contributed by atoms with Crippen molar-refractivity contribution in [1.29, 1.82) is 0 Å². The van der Waals surface area contributed by atoms with Gasteiger partial charge >= 0.3 is 6.18 Å². The van der Waals surface area contributed by atoms with E-state index in [9.17, 15) is 18.0 Å².